The minimum Gasteiger partial charge on any atom is -0.304 e. The highest BCUT2D eigenvalue weighted by Crippen LogP contribution is 2.37. The normalized spacial score (nSPS) is 11.5. The molecule has 0 aliphatic carbocycles. The fourth-order valence-electron chi connectivity index (χ4n) is 2.68. The van der Waals surface area contributed by atoms with Crippen LogP contribution in [0, 0.1) is 6.92 Å². The summed E-state index contributed by atoms with van der Waals surface area (Å²) in [6.45, 7) is 2.16. The highest BCUT2D eigenvalue weighted by atomic mass is 35.5. The Morgan fingerprint density at radius 2 is 1.75 bits per heavy atom. The van der Waals surface area contributed by atoms with Crippen molar-refractivity contribution < 1.29 is 0 Å². The van der Waals surface area contributed by atoms with Crippen LogP contribution in [0.15, 0.2) is 54.6 Å². The topological polar surface area (TPSA) is 4.41 Å². The molecule has 0 fully saturated rings. The number of thiazole rings is 1. The average molecular weight is 298 g/mol. The minimum atomic E-state index is 0.775. The van der Waals surface area contributed by atoms with Crippen LogP contribution in [-0.4, -0.2) is 4.40 Å². The van der Waals surface area contributed by atoms with Crippen molar-refractivity contribution in [3.05, 3.63) is 65.3 Å². The van der Waals surface area contributed by atoms with E-state index in [1.54, 1.807) is 0 Å². The Bertz CT molecular complexity index is 915. The first-order chi connectivity index (χ1) is 9.74. The molecule has 0 aliphatic heterocycles. The number of hydrogen-bond donors (Lipinski definition) is 0. The van der Waals surface area contributed by atoms with E-state index in [-0.39, 0.29) is 0 Å². The van der Waals surface area contributed by atoms with Crippen LogP contribution in [0.25, 0.3) is 26.2 Å². The molecule has 0 atom stereocenters. The number of benzene rings is 2. The van der Waals surface area contributed by atoms with E-state index in [1.807, 2.05) is 23.5 Å². The monoisotopic (exact) mass is 297 g/mol. The van der Waals surface area contributed by atoms with Crippen LogP contribution in [0.4, 0.5) is 0 Å². The predicted octanol–water partition coefficient (Wildman–Crippen LogP) is 5.78. The van der Waals surface area contributed by atoms with Gasteiger partial charge < -0.3 is 4.40 Å². The Hall–Kier alpha value is -1.77. The largest absolute Gasteiger partial charge is 0.304 e. The van der Waals surface area contributed by atoms with E-state index in [0.717, 1.165) is 5.02 Å². The van der Waals surface area contributed by atoms with E-state index in [1.165, 1.54) is 31.9 Å². The summed E-state index contributed by atoms with van der Waals surface area (Å²) in [6.07, 6.45) is 0. The van der Waals surface area contributed by atoms with E-state index in [4.69, 9.17) is 11.6 Å². The lowest BCUT2D eigenvalue weighted by Gasteiger charge is -1.97. The van der Waals surface area contributed by atoms with Crippen molar-refractivity contribution in [2.45, 2.75) is 6.92 Å². The number of hydrogen-bond acceptors (Lipinski definition) is 1. The lowest BCUT2D eigenvalue weighted by atomic mass is 10.1. The molecule has 0 amide bonds. The zero-order valence-corrected chi connectivity index (χ0v) is 12.5. The zero-order valence-electron chi connectivity index (χ0n) is 10.9. The fourth-order valence-corrected chi connectivity index (χ4v) is 4.05. The summed E-state index contributed by atoms with van der Waals surface area (Å²) >= 11 is 7.82. The van der Waals surface area contributed by atoms with E-state index in [2.05, 4.69) is 53.8 Å². The number of rotatable bonds is 1. The predicted molar refractivity (Wildman–Crippen MR) is 88.0 cm³/mol. The smallest absolute Gasteiger partial charge is 0.108 e. The van der Waals surface area contributed by atoms with E-state index in [0.29, 0.717) is 0 Å². The first-order valence-electron chi connectivity index (χ1n) is 6.49. The second-order valence-corrected chi connectivity index (χ2v) is 6.38. The minimum absolute atomic E-state index is 0.775. The summed E-state index contributed by atoms with van der Waals surface area (Å²) in [6, 6.07) is 18.9. The standard InChI is InChI=1S/C17H12ClNS/c1-11-10-14(12-6-8-13(18)9-7-12)17-19(11)15-4-2-3-5-16(15)20-17/h2-10H,1H3. The summed E-state index contributed by atoms with van der Waals surface area (Å²) in [4.78, 5) is 1.30. The van der Waals surface area contributed by atoms with Gasteiger partial charge in [0.15, 0.2) is 0 Å². The van der Waals surface area contributed by atoms with Crippen LogP contribution < -0.4 is 0 Å². The lowest BCUT2D eigenvalue weighted by molar-refractivity contribution is 1.19. The summed E-state index contributed by atoms with van der Waals surface area (Å²) in [5.74, 6) is 0. The Morgan fingerprint density at radius 3 is 2.55 bits per heavy atom. The van der Waals surface area contributed by atoms with Crippen LogP contribution in [0.5, 0.6) is 0 Å². The van der Waals surface area contributed by atoms with Gasteiger partial charge in [0.05, 0.1) is 10.2 Å². The molecule has 0 N–H and O–H groups in total. The van der Waals surface area contributed by atoms with Gasteiger partial charge in [-0.3, -0.25) is 0 Å². The third kappa shape index (κ3) is 1.69. The van der Waals surface area contributed by atoms with Crippen LogP contribution in [-0.2, 0) is 0 Å². The molecule has 0 radical (unpaired) electrons. The Balaban J connectivity index is 2.07. The summed E-state index contributed by atoms with van der Waals surface area (Å²) in [5.41, 5.74) is 5.04. The van der Waals surface area contributed by atoms with Gasteiger partial charge in [0.25, 0.3) is 0 Å². The van der Waals surface area contributed by atoms with Gasteiger partial charge >= 0.3 is 0 Å². The zero-order chi connectivity index (χ0) is 13.7. The van der Waals surface area contributed by atoms with Gasteiger partial charge in [-0.05, 0) is 42.8 Å². The van der Waals surface area contributed by atoms with Gasteiger partial charge in [0.2, 0.25) is 0 Å². The maximum absolute atomic E-state index is 5.98. The molecule has 2 aromatic carbocycles. The van der Waals surface area contributed by atoms with Gasteiger partial charge in [-0.15, -0.1) is 11.3 Å². The van der Waals surface area contributed by atoms with Crippen molar-refractivity contribution in [1.82, 2.24) is 4.40 Å². The fraction of sp³-hybridized carbons (Fsp3) is 0.0588. The highest BCUT2D eigenvalue weighted by Gasteiger charge is 2.13. The summed E-state index contributed by atoms with van der Waals surface area (Å²) < 4.78 is 3.66. The molecule has 0 unspecified atom stereocenters. The molecule has 98 valence electrons. The van der Waals surface area contributed by atoms with Crippen molar-refractivity contribution in [1.29, 1.82) is 0 Å². The molecule has 1 nitrogen and oxygen atoms in total. The van der Waals surface area contributed by atoms with E-state index >= 15 is 0 Å². The molecule has 0 saturated carbocycles. The number of aryl methyl sites for hydroxylation is 1. The number of halogens is 1. The van der Waals surface area contributed by atoms with E-state index in [9.17, 15) is 0 Å². The SMILES string of the molecule is Cc1cc(-c2ccc(Cl)cc2)c2sc3ccccc3n12. The summed E-state index contributed by atoms with van der Waals surface area (Å²) in [5, 5.41) is 0.775. The quantitative estimate of drug-likeness (QED) is 0.419. The van der Waals surface area contributed by atoms with Crippen molar-refractivity contribution in [3.63, 3.8) is 0 Å². The molecule has 2 heterocycles. The third-order valence-electron chi connectivity index (χ3n) is 3.61. The first kappa shape index (κ1) is 12.0. The molecule has 0 spiro atoms. The third-order valence-corrected chi connectivity index (χ3v) is 5.02. The molecule has 0 bridgehead atoms. The number of para-hydroxylation sites is 1. The Kier molecular flexibility index (Phi) is 2.62. The highest BCUT2D eigenvalue weighted by molar-refractivity contribution is 7.24. The molecular formula is C17H12ClNS. The van der Waals surface area contributed by atoms with Crippen LogP contribution in [0.1, 0.15) is 5.69 Å². The molecule has 0 aliphatic rings. The second-order valence-electron chi connectivity index (χ2n) is 4.92. The van der Waals surface area contributed by atoms with Gasteiger partial charge in [-0.25, -0.2) is 0 Å². The number of fused-ring (bicyclic) bond motifs is 3. The van der Waals surface area contributed by atoms with Crippen molar-refractivity contribution in [2.24, 2.45) is 0 Å². The molecule has 4 aromatic rings. The average Bonchev–Trinajstić information content (AvgIpc) is 2.98. The van der Waals surface area contributed by atoms with Crippen molar-refractivity contribution in [2.75, 3.05) is 0 Å². The van der Waals surface area contributed by atoms with Crippen LogP contribution >= 0.6 is 22.9 Å². The molecule has 2 aromatic heterocycles. The van der Waals surface area contributed by atoms with Crippen molar-refractivity contribution >= 4 is 38.0 Å². The van der Waals surface area contributed by atoms with Gasteiger partial charge in [0.1, 0.15) is 4.83 Å². The second kappa shape index (κ2) is 4.37. The number of nitrogens with zero attached hydrogens (tertiary/aromatic N) is 1. The van der Waals surface area contributed by atoms with Crippen molar-refractivity contribution in [3.8, 4) is 11.1 Å². The molecule has 0 saturated heterocycles. The Labute approximate surface area is 126 Å². The lowest BCUT2D eigenvalue weighted by Crippen LogP contribution is -1.81. The van der Waals surface area contributed by atoms with Crippen LogP contribution in [0.2, 0.25) is 5.02 Å². The van der Waals surface area contributed by atoms with E-state index < -0.39 is 0 Å². The summed E-state index contributed by atoms with van der Waals surface area (Å²) in [7, 11) is 0. The van der Waals surface area contributed by atoms with Gasteiger partial charge in [-0.2, -0.15) is 0 Å². The molecular weight excluding hydrogens is 286 g/mol. The van der Waals surface area contributed by atoms with Gasteiger partial charge in [-0.1, -0.05) is 35.9 Å². The maximum Gasteiger partial charge on any atom is 0.108 e. The maximum atomic E-state index is 5.98. The molecule has 4 rings (SSSR count). The Morgan fingerprint density at radius 1 is 1.00 bits per heavy atom. The molecule has 3 heteroatoms. The molecule has 20 heavy (non-hydrogen) atoms. The van der Waals surface area contributed by atoms with Crippen LogP contribution in [0.3, 0.4) is 0 Å². The first-order valence-corrected chi connectivity index (χ1v) is 7.69. The van der Waals surface area contributed by atoms with Gasteiger partial charge in [0, 0.05) is 16.3 Å². The number of aromatic nitrogens is 1.